The first kappa shape index (κ1) is 27.0. The van der Waals surface area contributed by atoms with Crippen molar-refractivity contribution in [3.05, 3.63) is 95.3 Å². The van der Waals surface area contributed by atoms with Gasteiger partial charge in [-0.2, -0.15) is 8.42 Å². The van der Waals surface area contributed by atoms with Crippen LogP contribution in [0, 0.1) is 11.6 Å². The highest BCUT2D eigenvalue weighted by molar-refractivity contribution is 7.90. The molecule has 4 aromatic rings. The Morgan fingerprint density at radius 2 is 1.68 bits per heavy atom. The molecule has 3 aromatic carbocycles. The van der Waals surface area contributed by atoms with E-state index in [0.29, 0.717) is 43.3 Å². The number of guanidine groups is 1. The number of nitrogens with zero attached hydrogens (tertiary/aromatic N) is 3. The Hall–Kier alpha value is -4.62. The van der Waals surface area contributed by atoms with E-state index < -0.39 is 38.8 Å². The maximum Gasteiger partial charge on any atom is 0.285 e. The summed E-state index contributed by atoms with van der Waals surface area (Å²) < 4.78 is 57.8. The number of halogens is 2. The minimum absolute atomic E-state index is 0.0809. The molecule has 0 atom stereocenters. The molecule has 0 radical (unpaired) electrons. The molecule has 2 heterocycles. The van der Waals surface area contributed by atoms with Gasteiger partial charge in [-0.1, -0.05) is 24.3 Å². The molecule has 206 valence electrons. The molecule has 1 saturated heterocycles. The van der Waals surface area contributed by atoms with E-state index in [2.05, 4.69) is 19.7 Å². The van der Waals surface area contributed by atoms with E-state index in [9.17, 15) is 27.1 Å². The SMILES string of the molecule is NC(=NS(=O)(=O)c1cccc(C(=O)C(=C(O)c2cc(F)cc(F)c2)c2nc3ccccc3[nH]2)c1)N1CCNCC1. The summed E-state index contributed by atoms with van der Waals surface area (Å²) in [5.74, 6) is -3.79. The van der Waals surface area contributed by atoms with Crippen molar-refractivity contribution in [2.45, 2.75) is 4.90 Å². The third kappa shape index (κ3) is 5.55. The van der Waals surface area contributed by atoms with E-state index in [-0.39, 0.29) is 27.8 Å². The van der Waals surface area contributed by atoms with Gasteiger partial charge in [0.2, 0.25) is 11.7 Å². The Bertz CT molecular complexity index is 1730. The molecular formula is C27H24F2N6O4S. The number of nitrogens with one attached hydrogen (secondary N) is 2. The van der Waals surface area contributed by atoms with Crippen molar-refractivity contribution in [2.75, 3.05) is 26.2 Å². The summed E-state index contributed by atoms with van der Waals surface area (Å²) in [6, 6.07) is 14.2. The van der Waals surface area contributed by atoms with Crippen molar-refractivity contribution in [1.29, 1.82) is 0 Å². The van der Waals surface area contributed by atoms with Gasteiger partial charge in [-0.25, -0.2) is 13.8 Å². The Morgan fingerprint density at radius 3 is 2.38 bits per heavy atom. The molecule has 5 rings (SSSR count). The normalized spacial score (nSPS) is 15.2. The number of carbonyl (C=O) groups excluding carboxylic acids is 1. The van der Waals surface area contributed by atoms with Crippen LogP contribution in [0.4, 0.5) is 8.78 Å². The van der Waals surface area contributed by atoms with E-state index >= 15 is 0 Å². The molecule has 13 heteroatoms. The Morgan fingerprint density at radius 1 is 0.975 bits per heavy atom. The number of para-hydroxylation sites is 2. The predicted octanol–water partition coefficient (Wildman–Crippen LogP) is 3.06. The number of aliphatic hydroxyl groups is 1. The number of aliphatic hydroxyl groups excluding tert-OH is 1. The number of ketones is 1. The quantitative estimate of drug-likeness (QED) is 0.0913. The number of hydrogen-bond donors (Lipinski definition) is 4. The highest BCUT2D eigenvalue weighted by atomic mass is 32.2. The Kier molecular flexibility index (Phi) is 7.32. The number of H-pyrrole nitrogens is 1. The lowest BCUT2D eigenvalue weighted by molar-refractivity contribution is 0.105. The molecule has 1 fully saturated rings. The lowest BCUT2D eigenvalue weighted by Crippen LogP contribution is -2.49. The van der Waals surface area contributed by atoms with Crippen LogP contribution in [-0.4, -0.2) is 66.3 Å². The zero-order valence-electron chi connectivity index (χ0n) is 20.9. The molecule has 0 spiro atoms. The molecule has 1 aliphatic heterocycles. The van der Waals surface area contributed by atoms with E-state index in [1.807, 2.05) is 0 Å². The van der Waals surface area contributed by atoms with E-state index in [4.69, 9.17) is 5.73 Å². The summed E-state index contributed by atoms with van der Waals surface area (Å²) >= 11 is 0. The monoisotopic (exact) mass is 566 g/mol. The van der Waals surface area contributed by atoms with Gasteiger partial charge in [0.1, 0.15) is 28.8 Å². The highest BCUT2D eigenvalue weighted by Crippen LogP contribution is 2.29. The maximum atomic E-state index is 14.0. The number of aromatic nitrogens is 2. The molecule has 10 nitrogen and oxygen atoms in total. The van der Waals surface area contributed by atoms with Gasteiger partial charge >= 0.3 is 0 Å². The van der Waals surface area contributed by atoms with Crippen LogP contribution < -0.4 is 11.1 Å². The second-order valence-corrected chi connectivity index (χ2v) is 10.6. The summed E-state index contributed by atoms with van der Waals surface area (Å²) in [6.07, 6.45) is 0. The third-order valence-electron chi connectivity index (χ3n) is 6.27. The summed E-state index contributed by atoms with van der Waals surface area (Å²) in [5.41, 5.74) is 6.09. The van der Waals surface area contributed by atoms with Crippen LogP contribution in [0.1, 0.15) is 21.7 Å². The number of hydrogen-bond acceptors (Lipinski definition) is 6. The number of rotatable bonds is 6. The molecule has 0 bridgehead atoms. The first-order chi connectivity index (χ1) is 19.1. The third-order valence-corrected chi connectivity index (χ3v) is 7.55. The molecule has 0 unspecified atom stereocenters. The first-order valence-corrected chi connectivity index (χ1v) is 13.6. The van der Waals surface area contributed by atoms with Crippen LogP contribution in [0.25, 0.3) is 22.4 Å². The summed E-state index contributed by atoms with van der Waals surface area (Å²) in [6.45, 7) is 2.20. The van der Waals surface area contributed by atoms with Gasteiger partial charge in [-0.3, -0.25) is 4.79 Å². The zero-order valence-corrected chi connectivity index (χ0v) is 21.8. The molecule has 5 N–H and O–H groups in total. The second kappa shape index (κ2) is 10.9. The van der Waals surface area contributed by atoms with Crippen LogP contribution in [0.3, 0.4) is 0 Å². The fraction of sp³-hybridized carbons (Fsp3) is 0.148. The first-order valence-electron chi connectivity index (χ1n) is 12.2. The van der Waals surface area contributed by atoms with Crippen molar-refractivity contribution in [3.8, 4) is 0 Å². The minimum atomic E-state index is -4.31. The summed E-state index contributed by atoms with van der Waals surface area (Å²) in [4.78, 5) is 22.4. The molecule has 1 aromatic heterocycles. The van der Waals surface area contributed by atoms with Gasteiger partial charge in [-0.05, 0) is 36.4 Å². The summed E-state index contributed by atoms with van der Waals surface area (Å²) in [7, 11) is -4.31. The largest absolute Gasteiger partial charge is 0.506 e. The van der Waals surface area contributed by atoms with Crippen molar-refractivity contribution in [1.82, 2.24) is 20.2 Å². The fourth-order valence-electron chi connectivity index (χ4n) is 4.30. The van der Waals surface area contributed by atoms with E-state index in [0.717, 1.165) is 18.2 Å². The van der Waals surface area contributed by atoms with E-state index in [1.54, 1.807) is 29.2 Å². The number of Topliss-reactive ketones (excluding diaryl/α,β-unsaturated/α-hetero) is 1. The molecule has 40 heavy (non-hydrogen) atoms. The predicted molar refractivity (Wildman–Crippen MR) is 146 cm³/mol. The van der Waals surface area contributed by atoms with Crippen molar-refractivity contribution < 1.29 is 27.1 Å². The van der Waals surface area contributed by atoms with Gasteiger partial charge < -0.3 is 26.0 Å². The summed E-state index contributed by atoms with van der Waals surface area (Å²) in [5, 5.41) is 14.3. The average molecular weight is 567 g/mol. The van der Waals surface area contributed by atoms with Crippen LogP contribution >= 0.6 is 0 Å². The molecule has 1 aliphatic rings. The van der Waals surface area contributed by atoms with Crippen molar-refractivity contribution in [3.63, 3.8) is 0 Å². The van der Waals surface area contributed by atoms with Gasteiger partial charge in [0, 0.05) is 43.4 Å². The number of sulfonamides is 1. The van der Waals surface area contributed by atoms with Crippen LogP contribution in [0.5, 0.6) is 0 Å². The van der Waals surface area contributed by atoms with Crippen molar-refractivity contribution >= 4 is 44.1 Å². The highest BCUT2D eigenvalue weighted by Gasteiger charge is 2.26. The second-order valence-electron chi connectivity index (χ2n) is 9.00. The van der Waals surface area contributed by atoms with Crippen LogP contribution in [0.2, 0.25) is 0 Å². The lowest BCUT2D eigenvalue weighted by atomic mass is 9.98. The smallest absolute Gasteiger partial charge is 0.285 e. The number of nitrogens with two attached hydrogens (primary N) is 1. The number of benzene rings is 3. The number of fused-ring (bicyclic) bond motifs is 1. The maximum absolute atomic E-state index is 14.0. The zero-order chi connectivity index (χ0) is 28.4. The molecule has 0 aliphatic carbocycles. The molecule has 0 saturated carbocycles. The van der Waals surface area contributed by atoms with Crippen molar-refractivity contribution in [2.24, 2.45) is 10.1 Å². The van der Waals surface area contributed by atoms with Gasteiger partial charge in [-0.15, -0.1) is 4.40 Å². The van der Waals surface area contributed by atoms with Gasteiger partial charge in [0.15, 0.2) is 0 Å². The Labute approximate surface area is 227 Å². The van der Waals surface area contributed by atoms with Gasteiger partial charge in [0.05, 0.1) is 15.9 Å². The number of piperazine rings is 1. The molecular weight excluding hydrogens is 542 g/mol. The molecule has 0 amide bonds. The standard InChI is InChI=1S/C27H24F2N6O4S/c28-18-12-17(13-19(29)15-18)25(37)23(26-32-21-6-1-2-7-22(21)33-26)24(36)16-4-3-5-20(14-16)40(38,39)34-27(30)35-10-8-31-9-11-35/h1-7,12-15,31,37H,8-11H2,(H2,30,34)(H,32,33). The minimum Gasteiger partial charge on any atom is -0.506 e. The number of aromatic amines is 1. The fourth-order valence-corrected chi connectivity index (χ4v) is 5.30. The average Bonchev–Trinajstić information content (AvgIpc) is 3.36. The topological polar surface area (TPSA) is 154 Å². The van der Waals surface area contributed by atoms with Crippen LogP contribution in [-0.2, 0) is 10.0 Å². The number of allylic oxidation sites excluding steroid dienone is 1. The van der Waals surface area contributed by atoms with Gasteiger partial charge in [0.25, 0.3) is 10.0 Å². The lowest BCUT2D eigenvalue weighted by Gasteiger charge is -2.27. The Balaban J connectivity index is 1.60. The number of carbonyl (C=O) groups is 1. The van der Waals surface area contributed by atoms with E-state index in [1.165, 1.54) is 18.2 Å². The number of imidazole rings is 1. The van der Waals surface area contributed by atoms with Crippen LogP contribution in [0.15, 0.2) is 76.0 Å².